The minimum atomic E-state index is -0.411. The van der Waals surface area contributed by atoms with E-state index in [1.165, 1.54) is 0 Å². The first kappa shape index (κ1) is 14.6. The van der Waals surface area contributed by atoms with Gasteiger partial charge in [-0.05, 0) is 24.7 Å². The molecule has 0 bridgehead atoms. The SMILES string of the molecule is CN(CCOCCO)Cc1cccc(C(N)=O)c1. The van der Waals surface area contributed by atoms with Crippen LogP contribution in [0.3, 0.4) is 0 Å². The Bertz CT molecular complexity index is 382. The Morgan fingerprint density at radius 3 is 2.89 bits per heavy atom. The molecule has 0 atom stereocenters. The zero-order chi connectivity index (χ0) is 13.4. The van der Waals surface area contributed by atoms with Gasteiger partial charge in [0.1, 0.15) is 0 Å². The van der Waals surface area contributed by atoms with E-state index in [1.807, 2.05) is 19.2 Å². The highest BCUT2D eigenvalue weighted by Crippen LogP contribution is 2.07. The van der Waals surface area contributed by atoms with Crippen molar-refractivity contribution in [1.29, 1.82) is 0 Å². The third-order valence-electron chi connectivity index (χ3n) is 2.52. The van der Waals surface area contributed by atoms with Crippen LogP contribution in [0.4, 0.5) is 0 Å². The van der Waals surface area contributed by atoms with Crippen molar-refractivity contribution in [2.24, 2.45) is 5.73 Å². The number of hydrogen-bond acceptors (Lipinski definition) is 4. The first-order chi connectivity index (χ1) is 8.63. The second-order valence-corrected chi connectivity index (χ2v) is 4.14. The number of likely N-dealkylation sites (N-methyl/N-ethyl adjacent to an activating group) is 1. The van der Waals surface area contributed by atoms with Gasteiger partial charge in [0.25, 0.3) is 0 Å². The minimum absolute atomic E-state index is 0.0460. The van der Waals surface area contributed by atoms with Gasteiger partial charge in [0, 0.05) is 18.7 Å². The Kier molecular flexibility index (Phi) is 6.35. The Labute approximate surface area is 107 Å². The highest BCUT2D eigenvalue weighted by atomic mass is 16.5. The van der Waals surface area contributed by atoms with Crippen LogP contribution in [-0.2, 0) is 11.3 Å². The number of ether oxygens (including phenoxy) is 1. The molecule has 0 saturated carbocycles. The fourth-order valence-corrected chi connectivity index (χ4v) is 1.60. The highest BCUT2D eigenvalue weighted by molar-refractivity contribution is 5.92. The first-order valence-corrected chi connectivity index (χ1v) is 5.89. The maximum Gasteiger partial charge on any atom is 0.248 e. The van der Waals surface area contributed by atoms with Gasteiger partial charge in [-0.3, -0.25) is 9.69 Å². The van der Waals surface area contributed by atoms with E-state index in [1.54, 1.807) is 12.1 Å². The number of carbonyl (C=O) groups is 1. The Morgan fingerprint density at radius 1 is 1.44 bits per heavy atom. The van der Waals surface area contributed by atoms with Gasteiger partial charge in [-0.15, -0.1) is 0 Å². The molecule has 5 heteroatoms. The van der Waals surface area contributed by atoms with Crippen molar-refractivity contribution in [3.63, 3.8) is 0 Å². The van der Waals surface area contributed by atoms with Gasteiger partial charge in [-0.25, -0.2) is 0 Å². The molecule has 1 rings (SSSR count). The lowest BCUT2D eigenvalue weighted by Crippen LogP contribution is -2.23. The molecule has 0 heterocycles. The standard InChI is InChI=1S/C13H20N2O3/c1-15(5-7-18-8-6-16)10-11-3-2-4-12(9-11)13(14)17/h2-4,9,16H,5-8,10H2,1H3,(H2,14,17). The summed E-state index contributed by atoms with van der Waals surface area (Å²) in [6.07, 6.45) is 0. The maximum atomic E-state index is 11.0. The zero-order valence-corrected chi connectivity index (χ0v) is 10.6. The number of nitrogens with two attached hydrogens (primary N) is 1. The molecule has 0 aliphatic rings. The van der Waals surface area contributed by atoms with Gasteiger partial charge in [0.15, 0.2) is 0 Å². The van der Waals surface area contributed by atoms with Gasteiger partial charge in [-0.2, -0.15) is 0 Å². The molecular formula is C13H20N2O3. The van der Waals surface area contributed by atoms with Crippen molar-refractivity contribution in [2.75, 3.05) is 33.4 Å². The molecule has 100 valence electrons. The van der Waals surface area contributed by atoms with Gasteiger partial charge in [0.05, 0.1) is 19.8 Å². The lowest BCUT2D eigenvalue weighted by atomic mass is 10.1. The summed E-state index contributed by atoms with van der Waals surface area (Å²) < 4.78 is 5.19. The van der Waals surface area contributed by atoms with Crippen LogP contribution < -0.4 is 5.73 Å². The summed E-state index contributed by atoms with van der Waals surface area (Å²) in [5.74, 6) is -0.411. The monoisotopic (exact) mass is 252 g/mol. The minimum Gasteiger partial charge on any atom is -0.394 e. The van der Waals surface area contributed by atoms with Gasteiger partial charge in [0.2, 0.25) is 5.91 Å². The number of aliphatic hydroxyl groups is 1. The lowest BCUT2D eigenvalue weighted by Gasteiger charge is -2.16. The third kappa shape index (κ3) is 5.27. The van der Waals surface area contributed by atoms with E-state index >= 15 is 0 Å². The van der Waals surface area contributed by atoms with Crippen LogP contribution in [0.1, 0.15) is 15.9 Å². The van der Waals surface area contributed by atoms with Crippen LogP contribution >= 0.6 is 0 Å². The normalized spacial score (nSPS) is 10.8. The van der Waals surface area contributed by atoms with E-state index in [9.17, 15) is 4.79 Å². The molecule has 0 unspecified atom stereocenters. The maximum absolute atomic E-state index is 11.0. The summed E-state index contributed by atoms with van der Waals surface area (Å²) >= 11 is 0. The number of primary amides is 1. The van der Waals surface area contributed by atoms with Crippen LogP contribution in [0.5, 0.6) is 0 Å². The van der Waals surface area contributed by atoms with E-state index < -0.39 is 5.91 Å². The summed E-state index contributed by atoms with van der Waals surface area (Å²) in [5.41, 5.74) is 6.79. The van der Waals surface area contributed by atoms with Crippen LogP contribution in [0, 0.1) is 0 Å². The van der Waals surface area contributed by atoms with Crippen molar-refractivity contribution < 1.29 is 14.6 Å². The fourth-order valence-electron chi connectivity index (χ4n) is 1.60. The number of benzene rings is 1. The second kappa shape index (κ2) is 7.81. The molecule has 0 spiro atoms. The zero-order valence-electron chi connectivity index (χ0n) is 10.6. The Morgan fingerprint density at radius 2 is 2.22 bits per heavy atom. The molecule has 0 saturated heterocycles. The van der Waals surface area contributed by atoms with Crippen LogP contribution in [-0.4, -0.2) is 49.3 Å². The Balaban J connectivity index is 2.41. The van der Waals surface area contributed by atoms with Gasteiger partial charge >= 0.3 is 0 Å². The summed E-state index contributed by atoms with van der Waals surface area (Å²) in [6, 6.07) is 7.28. The molecule has 1 amide bonds. The van der Waals surface area contributed by atoms with Crippen molar-refractivity contribution in [2.45, 2.75) is 6.54 Å². The highest BCUT2D eigenvalue weighted by Gasteiger charge is 2.04. The van der Waals surface area contributed by atoms with E-state index in [4.69, 9.17) is 15.6 Å². The van der Waals surface area contributed by atoms with E-state index in [0.717, 1.165) is 18.7 Å². The van der Waals surface area contributed by atoms with E-state index in [-0.39, 0.29) is 6.61 Å². The molecule has 3 N–H and O–H groups in total. The number of hydrogen-bond donors (Lipinski definition) is 2. The largest absolute Gasteiger partial charge is 0.394 e. The molecule has 0 aliphatic heterocycles. The molecule has 5 nitrogen and oxygen atoms in total. The van der Waals surface area contributed by atoms with Gasteiger partial charge < -0.3 is 15.6 Å². The van der Waals surface area contributed by atoms with Crippen molar-refractivity contribution in [3.8, 4) is 0 Å². The van der Waals surface area contributed by atoms with Crippen LogP contribution in [0.25, 0.3) is 0 Å². The van der Waals surface area contributed by atoms with Crippen molar-refractivity contribution in [1.82, 2.24) is 4.90 Å². The fraction of sp³-hybridized carbons (Fsp3) is 0.462. The molecule has 1 aromatic carbocycles. The molecule has 0 aliphatic carbocycles. The molecule has 1 aromatic rings. The van der Waals surface area contributed by atoms with Gasteiger partial charge in [-0.1, -0.05) is 12.1 Å². The van der Waals surface area contributed by atoms with Crippen molar-refractivity contribution >= 4 is 5.91 Å². The first-order valence-electron chi connectivity index (χ1n) is 5.89. The smallest absolute Gasteiger partial charge is 0.248 e. The summed E-state index contributed by atoms with van der Waals surface area (Å²) in [4.78, 5) is 13.1. The molecule has 0 fully saturated rings. The predicted octanol–water partition coefficient (Wildman–Crippen LogP) is 0.226. The third-order valence-corrected chi connectivity index (χ3v) is 2.52. The number of carbonyl (C=O) groups excluding carboxylic acids is 1. The van der Waals surface area contributed by atoms with Crippen LogP contribution in [0.2, 0.25) is 0 Å². The molecule has 18 heavy (non-hydrogen) atoms. The lowest BCUT2D eigenvalue weighted by molar-refractivity contribution is 0.0773. The Hall–Kier alpha value is -1.43. The number of aliphatic hydroxyl groups excluding tert-OH is 1. The van der Waals surface area contributed by atoms with Crippen LogP contribution in [0.15, 0.2) is 24.3 Å². The summed E-state index contributed by atoms with van der Waals surface area (Å²) in [7, 11) is 1.97. The predicted molar refractivity (Wildman–Crippen MR) is 69.2 cm³/mol. The summed E-state index contributed by atoms with van der Waals surface area (Å²) in [6.45, 7) is 2.48. The number of nitrogens with zero attached hydrogens (tertiary/aromatic N) is 1. The number of amides is 1. The topological polar surface area (TPSA) is 75.8 Å². The molecular weight excluding hydrogens is 232 g/mol. The second-order valence-electron chi connectivity index (χ2n) is 4.14. The average Bonchev–Trinajstić information content (AvgIpc) is 2.35. The average molecular weight is 252 g/mol. The van der Waals surface area contributed by atoms with E-state index in [2.05, 4.69) is 4.90 Å². The molecule has 0 radical (unpaired) electrons. The quantitative estimate of drug-likeness (QED) is 0.649. The van der Waals surface area contributed by atoms with E-state index in [0.29, 0.717) is 18.8 Å². The summed E-state index contributed by atoms with van der Waals surface area (Å²) in [5, 5.41) is 8.57. The molecule has 0 aromatic heterocycles. The number of rotatable bonds is 8. The van der Waals surface area contributed by atoms with Crippen molar-refractivity contribution in [3.05, 3.63) is 35.4 Å².